The number of hydrogen-bond donors (Lipinski definition) is 2. The molecule has 0 spiro atoms. The lowest BCUT2D eigenvalue weighted by atomic mass is 10.1. The van der Waals surface area contributed by atoms with Crippen molar-refractivity contribution in [3.05, 3.63) is 60.3 Å². The van der Waals surface area contributed by atoms with Gasteiger partial charge in [0.2, 0.25) is 0 Å². The van der Waals surface area contributed by atoms with Crippen LogP contribution in [0, 0.1) is 0 Å². The second-order valence-electron chi connectivity index (χ2n) is 5.13. The SMILES string of the molecule is CN(CCc1c[nH]c2ccccc12)c1cccc(N)c1. The maximum atomic E-state index is 5.83. The van der Waals surface area contributed by atoms with E-state index >= 15 is 0 Å². The molecule has 20 heavy (non-hydrogen) atoms. The largest absolute Gasteiger partial charge is 0.399 e. The maximum Gasteiger partial charge on any atom is 0.0456 e. The van der Waals surface area contributed by atoms with Gasteiger partial charge in [-0.3, -0.25) is 0 Å². The van der Waals surface area contributed by atoms with Crippen molar-refractivity contribution < 1.29 is 0 Å². The van der Waals surface area contributed by atoms with Crippen LogP contribution < -0.4 is 10.6 Å². The molecule has 102 valence electrons. The molecule has 2 aromatic carbocycles. The number of para-hydroxylation sites is 1. The topological polar surface area (TPSA) is 45.0 Å². The fraction of sp³-hybridized carbons (Fsp3) is 0.176. The van der Waals surface area contributed by atoms with Crippen LogP contribution in [-0.4, -0.2) is 18.6 Å². The summed E-state index contributed by atoms with van der Waals surface area (Å²) >= 11 is 0. The Kier molecular flexibility index (Phi) is 3.33. The molecule has 3 nitrogen and oxygen atoms in total. The molecular formula is C17H19N3. The molecule has 0 saturated carbocycles. The summed E-state index contributed by atoms with van der Waals surface area (Å²) in [5, 5.41) is 1.31. The van der Waals surface area contributed by atoms with E-state index in [1.807, 2.05) is 18.2 Å². The van der Waals surface area contributed by atoms with Crippen LogP contribution in [0.5, 0.6) is 0 Å². The predicted molar refractivity (Wildman–Crippen MR) is 86.1 cm³/mol. The molecule has 1 aromatic heterocycles. The zero-order valence-corrected chi connectivity index (χ0v) is 11.6. The predicted octanol–water partition coefficient (Wildman–Crippen LogP) is 3.43. The minimum atomic E-state index is 0.807. The number of nitrogens with zero attached hydrogens (tertiary/aromatic N) is 1. The van der Waals surface area contributed by atoms with Crippen LogP contribution in [0.4, 0.5) is 11.4 Å². The normalized spacial score (nSPS) is 10.8. The van der Waals surface area contributed by atoms with Crippen molar-refractivity contribution in [1.82, 2.24) is 4.98 Å². The van der Waals surface area contributed by atoms with Crippen LogP contribution in [0.3, 0.4) is 0 Å². The number of hydrogen-bond acceptors (Lipinski definition) is 2. The number of nitrogens with two attached hydrogens (primary N) is 1. The van der Waals surface area contributed by atoms with Gasteiger partial charge in [-0.25, -0.2) is 0 Å². The highest BCUT2D eigenvalue weighted by molar-refractivity contribution is 5.83. The number of fused-ring (bicyclic) bond motifs is 1. The Hall–Kier alpha value is -2.42. The molecule has 0 aliphatic rings. The summed E-state index contributed by atoms with van der Waals surface area (Å²) < 4.78 is 0. The van der Waals surface area contributed by atoms with Gasteiger partial charge in [0.05, 0.1) is 0 Å². The van der Waals surface area contributed by atoms with E-state index < -0.39 is 0 Å². The first kappa shape index (κ1) is 12.6. The molecule has 0 radical (unpaired) electrons. The third-order valence-electron chi connectivity index (χ3n) is 3.70. The number of aromatic nitrogens is 1. The van der Waals surface area contributed by atoms with Crippen molar-refractivity contribution in [1.29, 1.82) is 0 Å². The number of anilines is 2. The standard InChI is InChI=1S/C17H19N3/c1-20(15-6-4-5-14(18)11-15)10-9-13-12-19-17-8-3-2-7-16(13)17/h2-8,11-12,19H,9-10,18H2,1H3. The first-order valence-corrected chi connectivity index (χ1v) is 6.86. The van der Waals surface area contributed by atoms with Gasteiger partial charge >= 0.3 is 0 Å². The lowest BCUT2D eigenvalue weighted by molar-refractivity contribution is 0.881. The van der Waals surface area contributed by atoms with Gasteiger partial charge in [-0.2, -0.15) is 0 Å². The Morgan fingerprint density at radius 1 is 1.10 bits per heavy atom. The van der Waals surface area contributed by atoms with E-state index in [1.165, 1.54) is 16.5 Å². The molecule has 0 aliphatic heterocycles. The van der Waals surface area contributed by atoms with Crippen LogP contribution >= 0.6 is 0 Å². The first-order valence-electron chi connectivity index (χ1n) is 6.86. The number of nitrogen functional groups attached to an aromatic ring is 1. The number of benzene rings is 2. The summed E-state index contributed by atoms with van der Waals surface area (Å²) in [5.74, 6) is 0. The molecule has 3 rings (SSSR count). The second kappa shape index (κ2) is 5.29. The van der Waals surface area contributed by atoms with Gasteiger partial charge in [0.1, 0.15) is 0 Å². The summed E-state index contributed by atoms with van der Waals surface area (Å²) in [5.41, 5.74) is 10.4. The van der Waals surface area contributed by atoms with Gasteiger partial charge < -0.3 is 15.6 Å². The Bertz CT molecular complexity index is 715. The number of rotatable bonds is 4. The van der Waals surface area contributed by atoms with Crippen LogP contribution in [0.25, 0.3) is 10.9 Å². The van der Waals surface area contributed by atoms with E-state index in [0.29, 0.717) is 0 Å². The third kappa shape index (κ3) is 2.48. The van der Waals surface area contributed by atoms with Gasteiger partial charge in [-0.05, 0) is 36.2 Å². The van der Waals surface area contributed by atoms with Gasteiger partial charge in [0.15, 0.2) is 0 Å². The third-order valence-corrected chi connectivity index (χ3v) is 3.70. The molecule has 0 amide bonds. The molecule has 3 heteroatoms. The Labute approximate surface area is 119 Å². The van der Waals surface area contributed by atoms with Crippen molar-refractivity contribution in [3.63, 3.8) is 0 Å². The zero-order chi connectivity index (χ0) is 13.9. The molecule has 0 saturated heterocycles. The average Bonchev–Trinajstić information content (AvgIpc) is 2.88. The Morgan fingerprint density at radius 2 is 1.95 bits per heavy atom. The number of H-pyrrole nitrogens is 1. The lowest BCUT2D eigenvalue weighted by Gasteiger charge is -2.19. The Morgan fingerprint density at radius 3 is 2.80 bits per heavy atom. The fourth-order valence-electron chi connectivity index (χ4n) is 2.52. The van der Waals surface area contributed by atoms with Crippen LogP contribution in [0.1, 0.15) is 5.56 Å². The second-order valence-corrected chi connectivity index (χ2v) is 5.13. The van der Waals surface area contributed by atoms with E-state index in [1.54, 1.807) is 0 Å². The fourth-order valence-corrected chi connectivity index (χ4v) is 2.52. The average molecular weight is 265 g/mol. The van der Waals surface area contributed by atoms with Gasteiger partial charge in [0.25, 0.3) is 0 Å². The van der Waals surface area contributed by atoms with E-state index in [4.69, 9.17) is 5.73 Å². The highest BCUT2D eigenvalue weighted by atomic mass is 15.1. The molecule has 1 heterocycles. The van der Waals surface area contributed by atoms with E-state index in [9.17, 15) is 0 Å². The smallest absolute Gasteiger partial charge is 0.0456 e. The highest BCUT2D eigenvalue weighted by Crippen LogP contribution is 2.20. The van der Waals surface area contributed by atoms with E-state index in [0.717, 1.165) is 24.3 Å². The minimum Gasteiger partial charge on any atom is -0.399 e. The molecule has 0 atom stereocenters. The molecule has 0 fully saturated rings. The number of aromatic amines is 1. The quantitative estimate of drug-likeness (QED) is 0.710. The molecule has 0 unspecified atom stereocenters. The minimum absolute atomic E-state index is 0.807. The van der Waals surface area contributed by atoms with Crippen molar-refractivity contribution >= 4 is 22.3 Å². The van der Waals surface area contributed by atoms with E-state index in [-0.39, 0.29) is 0 Å². The summed E-state index contributed by atoms with van der Waals surface area (Å²) in [7, 11) is 2.10. The van der Waals surface area contributed by atoms with Gasteiger partial charge in [-0.1, -0.05) is 24.3 Å². The monoisotopic (exact) mass is 265 g/mol. The summed E-state index contributed by atoms with van der Waals surface area (Å²) in [4.78, 5) is 5.56. The number of likely N-dealkylation sites (N-methyl/N-ethyl adjacent to an activating group) is 1. The highest BCUT2D eigenvalue weighted by Gasteiger charge is 2.05. The van der Waals surface area contributed by atoms with E-state index in [2.05, 4.69) is 53.5 Å². The van der Waals surface area contributed by atoms with Crippen molar-refractivity contribution in [2.45, 2.75) is 6.42 Å². The summed E-state index contributed by atoms with van der Waals surface area (Å²) in [6.07, 6.45) is 3.12. The molecule has 3 aromatic rings. The molecular weight excluding hydrogens is 246 g/mol. The Balaban J connectivity index is 1.73. The lowest BCUT2D eigenvalue weighted by Crippen LogP contribution is -2.20. The summed E-state index contributed by atoms with van der Waals surface area (Å²) in [6.45, 7) is 0.964. The summed E-state index contributed by atoms with van der Waals surface area (Å²) in [6, 6.07) is 16.4. The first-order chi connectivity index (χ1) is 9.74. The van der Waals surface area contributed by atoms with Crippen molar-refractivity contribution in [2.75, 3.05) is 24.2 Å². The molecule has 0 aliphatic carbocycles. The van der Waals surface area contributed by atoms with Crippen LogP contribution in [0.15, 0.2) is 54.7 Å². The molecule has 0 bridgehead atoms. The van der Waals surface area contributed by atoms with Crippen LogP contribution in [0.2, 0.25) is 0 Å². The zero-order valence-electron chi connectivity index (χ0n) is 11.6. The molecule has 3 N–H and O–H groups in total. The van der Waals surface area contributed by atoms with Crippen molar-refractivity contribution in [2.24, 2.45) is 0 Å². The maximum absolute atomic E-state index is 5.83. The van der Waals surface area contributed by atoms with Gasteiger partial charge in [0, 0.05) is 42.1 Å². The van der Waals surface area contributed by atoms with Crippen molar-refractivity contribution in [3.8, 4) is 0 Å². The van der Waals surface area contributed by atoms with Gasteiger partial charge in [-0.15, -0.1) is 0 Å². The number of nitrogens with one attached hydrogen (secondary N) is 1. The van der Waals surface area contributed by atoms with Crippen LogP contribution in [-0.2, 0) is 6.42 Å².